The average molecular weight is 589 g/mol. The second-order valence-electron chi connectivity index (χ2n) is 7.87. The summed E-state index contributed by atoms with van der Waals surface area (Å²) in [6, 6.07) is 9.43. The van der Waals surface area contributed by atoms with Gasteiger partial charge in [0.25, 0.3) is 5.91 Å². The van der Waals surface area contributed by atoms with Crippen LogP contribution in [0.25, 0.3) is 21.8 Å². The molecule has 3 heterocycles. The summed E-state index contributed by atoms with van der Waals surface area (Å²) in [5.41, 5.74) is 8.36. The van der Waals surface area contributed by atoms with Crippen LogP contribution in [0.5, 0.6) is 5.75 Å². The van der Waals surface area contributed by atoms with Gasteiger partial charge < -0.3 is 25.6 Å². The summed E-state index contributed by atoms with van der Waals surface area (Å²) in [5.74, 6) is -2.22. The molecule has 1 fully saturated rings. The molecule has 1 saturated heterocycles. The molecule has 0 aliphatic carbocycles. The zero-order chi connectivity index (χ0) is 28.0. The molecule has 38 heavy (non-hydrogen) atoms. The largest absolute Gasteiger partial charge is 0.490 e. The van der Waals surface area contributed by atoms with E-state index in [4.69, 9.17) is 30.8 Å². The Morgan fingerprint density at radius 1 is 1.34 bits per heavy atom. The van der Waals surface area contributed by atoms with E-state index in [-0.39, 0.29) is 18.3 Å². The summed E-state index contributed by atoms with van der Waals surface area (Å²) in [6.45, 7) is 0.880. The van der Waals surface area contributed by atoms with Crippen LogP contribution < -0.4 is 10.5 Å². The van der Waals surface area contributed by atoms with E-state index >= 15 is 0 Å². The molecule has 0 saturated carbocycles. The van der Waals surface area contributed by atoms with Gasteiger partial charge in [-0.05, 0) is 30.9 Å². The second kappa shape index (κ2) is 12.6. The van der Waals surface area contributed by atoms with Crippen LogP contribution in [0.15, 0.2) is 39.9 Å². The lowest BCUT2D eigenvalue weighted by atomic mass is 10.1. The number of amidine groups is 1. The van der Waals surface area contributed by atoms with Crippen molar-refractivity contribution in [3.05, 3.63) is 40.6 Å². The van der Waals surface area contributed by atoms with E-state index in [1.165, 1.54) is 22.7 Å². The molecule has 1 aromatic carbocycles. The third-order valence-corrected chi connectivity index (χ3v) is 8.31. The van der Waals surface area contributed by atoms with Gasteiger partial charge in [0.2, 0.25) is 0 Å². The normalized spacial score (nSPS) is 15.1. The van der Waals surface area contributed by atoms with Gasteiger partial charge in [-0.3, -0.25) is 10.2 Å². The standard InChI is InChI=1S/C21H22N4O3S3.C2HF3O2/c1-29-21-15(8-17(31-21)19(22)23)20-24-16(11-30-20)12-3-2-4-14(7-12)28-10-18(27)25-6-5-13(26)9-25;3-2(4,5)1(6)7/h2-4,7-8,11,13,26H,5-6,9-10H2,1H3,(H3,22,23);(H,6,7)/t13-;/m0./s1. The van der Waals surface area contributed by atoms with Crippen LogP contribution in [-0.2, 0) is 9.59 Å². The third kappa shape index (κ3) is 7.69. The number of amides is 1. The number of carbonyl (C=O) groups is 2. The summed E-state index contributed by atoms with van der Waals surface area (Å²) >= 11 is 4.65. The molecule has 9 nitrogen and oxygen atoms in total. The topological polar surface area (TPSA) is 150 Å². The van der Waals surface area contributed by atoms with Crippen LogP contribution in [-0.4, -0.2) is 76.0 Å². The van der Waals surface area contributed by atoms with Gasteiger partial charge in [0.15, 0.2) is 6.61 Å². The van der Waals surface area contributed by atoms with Crippen LogP contribution >= 0.6 is 34.4 Å². The van der Waals surface area contributed by atoms with E-state index in [0.29, 0.717) is 25.3 Å². The number of aliphatic hydroxyl groups is 1. The van der Waals surface area contributed by atoms with Gasteiger partial charge in [0.05, 0.1) is 20.9 Å². The lowest BCUT2D eigenvalue weighted by Gasteiger charge is -2.16. The molecule has 2 aromatic heterocycles. The predicted octanol–water partition coefficient (Wildman–Crippen LogP) is 4.15. The number of thioether (sulfide) groups is 1. The maximum Gasteiger partial charge on any atom is 0.490 e. The van der Waals surface area contributed by atoms with Crippen molar-refractivity contribution in [1.29, 1.82) is 5.41 Å². The highest BCUT2D eigenvalue weighted by molar-refractivity contribution is 8.00. The SMILES string of the molecule is CSc1sc(C(=N)N)cc1-c1nc(-c2cccc(OCC(=O)N3CC[C@H](O)C3)c2)cs1.O=C(O)C(F)(F)F. The van der Waals surface area contributed by atoms with Crippen molar-refractivity contribution in [1.82, 2.24) is 9.88 Å². The third-order valence-electron chi connectivity index (χ3n) is 5.13. The lowest BCUT2D eigenvalue weighted by Crippen LogP contribution is -2.33. The number of rotatable bonds is 7. The van der Waals surface area contributed by atoms with E-state index < -0.39 is 18.2 Å². The number of thiazole rings is 1. The number of aromatic nitrogens is 1. The number of ether oxygens (including phenoxy) is 1. The highest BCUT2D eigenvalue weighted by Gasteiger charge is 2.38. The van der Waals surface area contributed by atoms with Crippen LogP contribution in [0, 0.1) is 5.41 Å². The zero-order valence-electron chi connectivity index (χ0n) is 19.8. The van der Waals surface area contributed by atoms with Gasteiger partial charge in [-0.15, -0.1) is 34.4 Å². The number of nitrogen functional groups attached to an aromatic ring is 1. The zero-order valence-corrected chi connectivity index (χ0v) is 22.3. The Morgan fingerprint density at radius 2 is 2.05 bits per heavy atom. The van der Waals surface area contributed by atoms with Crippen molar-refractivity contribution >= 4 is 52.1 Å². The maximum atomic E-state index is 12.2. The fraction of sp³-hybridized carbons (Fsp3) is 0.304. The first-order valence-electron chi connectivity index (χ1n) is 10.9. The maximum absolute atomic E-state index is 12.2. The second-order valence-corrected chi connectivity index (χ2v) is 10.9. The number of benzene rings is 1. The summed E-state index contributed by atoms with van der Waals surface area (Å²) in [4.78, 5) is 28.3. The van der Waals surface area contributed by atoms with Crippen molar-refractivity contribution in [3.63, 3.8) is 0 Å². The Morgan fingerprint density at radius 3 is 2.63 bits per heavy atom. The number of hydrogen-bond acceptors (Lipinski definition) is 9. The number of aliphatic hydroxyl groups excluding tert-OH is 1. The first kappa shape index (κ1) is 29.4. The van der Waals surface area contributed by atoms with Gasteiger partial charge >= 0.3 is 12.1 Å². The minimum atomic E-state index is -5.08. The van der Waals surface area contributed by atoms with Gasteiger partial charge in [-0.1, -0.05) is 12.1 Å². The smallest absolute Gasteiger partial charge is 0.484 e. The molecule has 0 unspecified atom stereocenters. The molecule has 1 atom stereocenters. The minimum absolute atomic E-state index is 0.0572. The number of hydrogen-bond donors (Lipinski definition) is 4. The Labute approximate surface area is 227 Å². The van der Waals surface area contributed by atoms with E-state index in [9.17, 15) is 23.1 Å². The van der Waals surface area contributed by atoms with Crippen molar-refractivity contribution in [3.8, 4) is 27.6 Å². The van der Waals surface area contributed by atoms with Crippen LogP contribution in [0.3, 0.4) is 0 Å². The molecular weight excluding hydrogens is 565 g/mol. The number of halogens is 3. The molecule has 0 radical (unpaired) electrons. The monoisotopic (exact) mass is 588 g/mol. The molecule has 5 N–H and O–H groups in total. The van der Waals surface area contributed by atoms with Gasteiger partial charge in [-0.25, -0.2) is 9.78 Å². The van der Waals surface area contributed by atoms with Crippen LogP contribution in [0.2, 0.25) is 0 Å². The summed E-state index contributed by atoms with van der Waals surface area (Å²) < 4.78 is 38.5. The van der Waals surface area contributed by atoms with Crippen molar-refractivity contribution in [2.75, 3.05) is 26.0 Å². The molecule has 3 aromatic rings. The number of likely N-dealkylation sites (tertiary alicyclic amines) is 1. The van der Waals surface area contributed by atoms with E-state index in [0.717, 1.165) is 30.9 Å². The number of carboxylic acid groups (broad SMARTS) is 1. The van der Waals surface area contributed by atoms with Gasteiger partial charge in [-0.2, -0.15) is 13.2 Å². The molecule has 1 amide bonds. The Balaban J connectivity index is 0.000000505. The Kier molecular flexibility index (Phi) is 9.76. The fourth-order valence-corrected chi connectivity index (χ4v) is 6.00. The molecule has 4 rings (SSSR count). The summed E-state index contributed by atoms with van der Waals surface area (Å²) in [5, 5.41) is 27.3. The molecule has 1 aliphatic heterocycles. The number of thiophene rings is 1. The predicted molar refractivity (Wildman–Crippen MR) is 140 cm³/mol. The molecule has 0 bridgehead atoms. The summed E-state index contributed by atoms with van der Waals surface area (Å²) in [6.07, 6.45) is -2.91. The number of carboxylic acids is 1. The summed E-state index contributed by atoms with van der Waals surface area (Å²) in [7, 11) is 0. The number of nitrogens with one attached hydrogen (secondary N) is 1. The molecule has 1 aliphatic rings. The number of nitrogens with two attached hydrogens (primary N) is 1. The number of carbonyl (C=O) groups excluding carboxylic acids is 1. The van der Waals surface area contributed by atoms with Crippen molar-refractivity contribution in [2.45, 2.75) is 22.9 Å². The Bertz CT molecular complexity index is 1310. The van der Waals surface area contributed by atoms with E-state index in [2.05, 4.69) is 0 Å². The first-order chi connectivity index (χ1) is 17.9. The number of alkyl halides is 3. The Hall–Kier alpha value is -3.14. The quantitative estimate of drug-likeness (QED) is 0.183. The van der Waals surface area contributed by atoms with Gasteiger partial charge in [0, 0.05) is 29.6 Å². The number of aliphatic carboxylic acids is 1. The molecule has 15 heteroatoms. The van der Waals surface area contributed by atoms with Crippen LogP contribution in [0.1, 0.15) is 11.3 Å². The van der Waals surface area contributed by atoms with Crippen molar-refractivity contribution in [2.24, 2.45) is 5.73 Å². The molecule has 0 spiro atoms. The molecular formula is C23H23F3N4O5S3. The van der Waals surface area contributed by atoms with E-state index in [1.54, 1.807) is 16.7 Å². The average Bonchev–Trinajstić information content (AvgIpc) is 3.61. The highest BCUT2D eigenvalue weighted by Crippen LogP contribution is 2.40. The number of β-amino-alcohol motifs (C(OH)–C–C–N with tert-alkyl or cyclic N) is 1. The fourth-order valence-electron chi connectivity index (χ4n) is 3.29. The van der Waals surface area contributed by atoms with Gasteiger partial charge in [0.1, 0.15) is 16.6 Å². The molecule has 204 valence electrons. The van der Waals surface area contributed by atoms with Crippen LogP contribution in [0.4, 0.5) is 13.2 Å². The van der Waals surface area contributed by atoms with E-state index in [1.807, 2.05) is 42.0 Å². The van der Waals surface area contributed by atoms with Crippen molar-refractivity contribution < 1.29 is 37.7 Å². The minimum Gasteiger partial charge on any atom is -0.484 e. The number of nitrogens with zero attached hydrogens (tertiary/aromatic N) is 2. The first-order valence-corrected chi connectivity index (χ1v) is 13.8. The highest BCUT2D eigenvalue weighted by atomic mass is 32.2. The lowest BCUT2D eigenvalue weighted by molar-refractivity contribution is -0.192.